The summed E-state index contributed by atoms with van der Waals surface area (Å²) in [7, 11) is 0. The summed E-state index contributed by atoms with van der Waals surface area (Å²) in [6, 6.07) is 7.62. The molecule has 2 fully saturated rings. The molecule has 1 aliphatic heterocycles. The number of ketones is 2. The largest absolute Gasteiger partial charge is 0.478 e. The molecule has 38 heavy (non-hydrogen) atoms. The smallest absolute Gasteiger partial charge is 0.410 e. The molecule has 3 heterocycles. The Labute approximate surface area is 222 Å². The first-order valence-corrected chi connectivity index (χ1v) is 13.6. The van der Waals surface area contributed by atoms with Gasteiger partial charge >= 0.3 is 6.09 Å². The van der Waals surface area contributed by atoms with E-state index in [0.717, 1.165) is 60.6 Å². The first-order chi connectivity index (χ1) is 18.2. The summed E-state index contributed by atoms with van der Waals surface area (Å²) >= 11 is 0. The zero-order valence-electron chi connectivity index (χ0n) is 22.5. The molecule has 1 amide bonds. The van der Waals surface area contributed by atoms with Crippen molar-refractivity contribution in [3.63, 3.8) is 0 Å². The Morgan fingerprint density at radius 2 is 1.89 bits per heavy atom. The van der Waals surface area contributed by atoms with Gasteiger partial charge in [-0.2, -0.15) is 0 Å². The minimum Gasteiger partial charge on any atom is -0.478 e. The van der Waals surface area contributed by atoms with Crippen LogP contribution in [0.4, 0.5) is 4.79 Å². The number of amides is 1. The number of nitrogens with zero attached hydrogens (tertiary/aromatic N) is 2. The fourth-order valence-electron chi connectivity index (χ4n) is 5.56. The third kappa shape index (κ3) is 5.84. The molecule has 3 aromatic rings. The molecule has 1 atom stereocenters. The van der Waals surface area contributed by atoms with Gasteiger partial charge in [-0.05, 0) is 77.0 Å². The molecule has 8 heteroatoms. The van der Waals surface area contributed by atoms with Gasteiger partial charge in [-0.15, -0.1) is 0 Å². The van der Waals surface area contributed by atoms with Crippen molar-refractivity contribution < 1.29 is 28.3 Å². The highest BCUT2D eigenvalue weighted by Gasteiger charge is 2.31. The first-order valence-electron chi connectivity index (χ1n) is 13.6. The third-order valence-corrected chi connectivity index (χ3v) is 7.53. The fraction of sp³-hybridized carbons (Fsp3) is 0.533. The quantitative estimate of drug-likeness (QED) is 0.282. The van der Waals surface area contributed by atoms with Gasteiger partial charge in [-0.3, -0.25) is 9.59 Å². The number of likely N-dealkylation sites (tertiary alicyclic amines) is 1. The number of piperidine rings is 1. The lowest BCUT2D eigenvalue weighted by molar-refractivity contribution is -0.130. The lowest BCUT2D eigenvalue weighted by atomic mass is 9.82. The Morgan fingerprint density at radius 1 is 1.11 bits per heavy atom. The number of hydrogen-bond acceptors (Lipinski definition) is 7. The highest BCUT2D eigenvalue weighted by molar-refractivity contribution is 6.10. The highest BCUT2D eigenvalue weighted by Crippen LogP contribution is 2.38. The number of rotatable bonds is 6. The van der Waals surface area contributed by atoms with Gasteiger partial charge in [0.1, 0.15) is 22.8 Å². The second-order valence-corrected chi connectivity index (χ2v) is 11.5. The molecule has 1 saturated heterocycles. The van der Waals surface area contributed by atoms with Crippen LogP contribution in [-0.4, -0.2) is 52.8 Å². The van der Waals surface area contributed by atoms with E-state index in [-0.39, 0.29) is 30.0 Å². The molecule has 0 radical (unpaired) electrons. The summed E-state index contributed by atoms with van der Waals surface area (Å²) in [5, 5.41) is 1.81. The van der Waals surface area contributed by atoms with Gasteiger partial charge in [0.15, 0.2) is 0 Å². The molecule has 1 saturated carbocycles. The van der Waals surface area contributed by atoms with Crippen molar-refractivity contribution in [3.05, 3.63) is 36.1 Å². The SMILES string of the molecule is CC(C)(C)OC(=O)N1CCC(CCCOc2ccc3c(ccc4occ(C5CCC(=O)CC5=O)c43)n2)CC1. The van der Waals surface area contributed by atoms with Gasteiger partial charge in [0.2, 0.25) is 5.88 Å². The fourth-order valence-corrected chi connectivity index (χ4v) is 5.56. The predicted octanol–water partition coefficient (Wildman–Crippen LogP) is 6.19. The van der Waals surface area contributed by atoms with Crippen LogP contribution in [-0.2, 0) is 14.3 Å². The van der Waals surface area contributed by atoms with Gasteiger partial charge in [0, 0.05) is 47.8 Å². The lowest BCUT2D eigenvalue weighted by Crippen LogP contribution is -2.41. The van der Waals surface area contributed by atoms with Crippen LogP contribution in [0.2, 0.25) is 0 Å². The summed E-state index contributed by atoms with van der Waals surface area (Å²) in [5.41, 5.74) is 1.87. The number of aromatic nitrogens is 1. The van der Waals surface area contributed by atoms with Gasteiger partial charge in [-0.25, -0.2) is 9.78 Å². The summed E-state index contributed by atoms with van der Waals surface area (Å²) in [4.78, 5) is 43.0. The molecule has 2 aliphatic rings. The van der Waals surface area contributed by atoms with Crippen LogP contribution in [0, 0.1) is 5.92 Å². The van der Waals surface area contributed by atoms with Gasteiger partial charge in [0.05, 0.1) is 24.8 Å². The van der Waals surface area contributed by atoms with Crippen molar-refractivity contribution in [2.45, 2.75) is 77.2 Å². The average Bonchev–Trinajstić information content (AvgIpc) is 3.30. The van der Waals surface area contributed by atoms with Crippen molar-refractivity contribution in [1.82, 2.24) is 9.88 Å². The van der Waals surface area contributed by atoms with Crippen LogP contribution in [0.5, 0.6) is 5.88 Å². The summed E-state index contributed by atoms with van der Waals surface area (Å²) in [5.74, 6) is 0.808. The molecule has 202 valence electrons. The molecular formula is C30H36N2O6. The predicted molar refractivity (Wildman–Crippen MR) is 143 cm³/mol. The lowest BCUT2D eigenvalue weighted by Gasteiger charge is -2.33. The van der Waals surface area contributed by atoms with Crippen molar-refractivity contribution >= 4 is 39.5 Å². The molecule has 8 nitrogen and oxygen atoms in total. The van der Waals surface area contributed by atoms with Crippen LogP contribution in [0.25, 0.3) is 21.9 Å². The van der Waals surface area contributed by atoms with E-state index < -0.39 is 5.60 Å². The minimum absolute atomic E-state index is 0.00119. The maximum atomic E-state index is 12.6. The molecular weight excluding hydrogens is 484 g/mol. The zero-order chi connectivity index (χ0) is 26.9. The summed E-state index contributed by atoms with van der Waals surface area (Å²) in [6.07, 6.45) is 6.32. The maximum absolute atomic E-state index is 12.6. The number of fused-ring (bicyclic) bond motifs is 3. The third-order valence-electron chi connectivity index (χ3n) is 7.53. The van der Waals surface area contributed by atoms with E-state index in [9.17, 15) is 14.4 Å². The Balaban J connectivity index is 1.16. The Bertz CT molecular complexity index is 1350. The molecule has 1 aromatic carbocycles. The van der Waals surface area contributed by atoms with Crippen LogP contribution in [0.15, 0.2) is 34.9 Å². The van der Waals surface area contributed by atoms with Gasteiger partial charge < -0.3 is 18.8 Å². The Morgan fingerprint density at radius 3 is 2.63 bits per heavy atom. The van der Waals surface area contributed by atoms with Crippen LogP contribution in [0.3, 0.4) is 0 Å². The van der Waals surface area contributed by atoms with E-state index in [4.69, 9.17) is 18.9 Å². The number of benzene rings is 1. The molecule has 5 rings (SSSR count). The van der Waals surface area contributed by atoms with E-state index in [2.05, 4.69) is 0 Å². The number of ether oxygens (including phenoxy) is 2. The number of carbonyl (C=O) groups excluding carboxylic acids is 3. The van der Waals surface area contributed by atoms with E-state index in [1.54, 1.807) is 6.26 Å². The van der Waals surface area contributed by atoms with E-state index in [1.165, 1.54) is 0 Å². The minimum atomic E-state index is -0.467. The van der Waals surface area contributed by atoms with Crippen LogP contribution in [0.1, 0.15) is 77.2 Å². The number of furan rings is 1. The molecule has 0 N–H and O–H groups in total. The second-order valence-electron chi connectivity index (χ2n) is 11.5. The van der Waals surface area contributed by atoms with Crippen molar-refractivity contribution in [3.8, 4) is 5.88 Å². The summed E-state index contributed by atoms with van der Waals surface area (Å²) in [6.45, 7) is 7.72. The maximum Gasteiger partial charge on any atom is 0.410 e. The molecule has 1 unspecified atom stereocenters. The second kappa shape index (κ2) is 10.8. The van der Waals surface area contributed by atoms with E-state index >= 15 is 0 Å². The Hall–Kier alpha value is -3.42. The standard InChI is InChI=1S/C30H36N2O6/c1-30(2,3)38-29(35)32-14-12-19(13-15-32)5-4-16-36-27-11-8-22-24(31-27)9-10-26-28(22)23(18-37-26)21-7-6-20(33)17-25(21)34/h8-11,18-19,21H,4-7,12-17H2,1-3H3. The van der Waals surface area contributed by atoms with Crippen LogP contribution < -0.4 is 4.74 Å². The van der Waals surface area contributed by atoms with Crippen molar-refractivity contribution in [1.29, 1.82) is 0 Å². The first kappa shape index (κ1) is 26.2. The normalized spacial score (nSPS) is 19.3. The topological polar surface area (TPSA) is 98.9 Å². The number of pyridine rings is 1. The number of hydrogen-bond donors (Lipinski definition) is 0. The molecule has 2 aromatic heterocycles. The molecule has 0 bridgehead atoms. The summed E-state index contributed by atoms with van der Waals surface area (Å²) < 4.78 is 17.2. The Kier molecular flexibility index (Phi) is 7.41. The van der Waals surface area contributed by atoms with Crippen LogP contribution >= 0.6 is 0 Å². The van der Waals surface area contributed by atoms with Gasteiger partial charge in [-0.1, -0.05) is 0 Å². The number of carbonyl (C=O) groups is 3. The average molecular weight is 521 g/mol. The van der Waals surface area contributed by atoms with E-state index in [1.807, 2.05) is 49.9 Å². The van der Waals surface area contributed by atoms with Crippen molar-refractivity contribution in [2.75, 3.05) is 19.7 Å². The van der Waals surface area contributed by atoms with E-state index in [0.29, 0.717) is 36.8 Å². The van der Waals surface area contributed by atoms with Gasteiger partial charge in [0.25, 0.3) is 0 Å². The highest BCUT2D eigenvalue weighted by atomic mass is 16.6. The monoisotopic (exact) mass is 520 g/mol. The number of Topliss-reactive ketones (excluding diaryl/α,β-unsaturated/α-hetero) is 2. The molecule has 1 aliphatic carbocycles. The van der Waals surface area contributed by atoms with Crippen molar-refractivity contribution in [2.24, 2.45) is 5.92 Å². The molecule has 0 spiro atoms. The zero-order valence-corrected chi connectivity index (χ0v) is 22.5.